The lowest BCUT2D eigenvalue weighted by atomic mass is 10.1. The molecule has 1 aromatic heterocycles. The first kappa shape index (κ1) is 15.9. The summed E-state index contributed by atoms with van der Waals surface area (Å²) in [7, 11) is 0. The summed E-state index contributed by atoms with van der Waals surface area (Å²) in [4.78, 5) is 0. The zero-order valence-electron chi connectivity index (χ0n) is 10.8. The number of hydrogen-bond acceptors (Lipinski definition) is 3. The van der Waals surface area contributed by atoms with Gasteiger partial charge in [0.15, 0.2) is 0 Å². The Bertz CT molecular complexity index is 625. The Morgan fingerprint density at radius 2 is 1.95 bits per heavy atom. The van der Waals surface area contributed by atoms with E-state index in [4.69, 9.17) is 26.9 Å². The number of rotatable bonds is 4. The molecule has 0 aliphatic heterocycles. The van der Waals surface area contributed by atoms with Crippen molar-refractivity contribution in [3.8, 4) is 11.3 Å². The fourth-order valence-electron chi connectivity index (χ4n) is 1.87. The molecule has 0 saturated carbocycles. The first-order chi connectivity index (χ1) is 9.82. The fraction of sp³-hybridized carbons (Fsp3) is 0.286. The lowest BCUT2D eigenvalue weighted by molar-refractivity contribution is -0.137. The molecule has 1 unspecified atom stereocenters. The van der Waals surface area contributed by atoms with Crippen LogP contribution in [-0.4, -0.2) is 11.7 Å². The molecule has 3 nitrogen and oxygen atoms in total. The monoisotopic (exact) mass is 319 g/mol. The number of aliphatic hydroxyl groups is 1. The third kappa shape index (κ3) is 3.58. The summed E-state index contributed by atoms with van der Waals surface area (Å²) in [6.45, 7) is -0.110. The molecule has 114 valence electrons. The lowest BCUT2D eigenvalue weighted by Gasteiger charge is -2.09. The first-order valence-corrected chi connectivity index (χ1v) is 6.54. The van der Waals surface area contributed by atoms with E-state index in [1.165, 1.54) is 12.1 Å². The van der Waals surface area contributed by atoms with Crippen molar-refractivity contribution in [1.82, 2.24) is 0 Å². The van der Waals surface area contributed by atoms with Crippen LogP contribution in [0.3, 0.4) is 0 Å². The molecule has 0 aliphatic rings. The highest BCUT2D eigenvalue weighted by atomic mass is 35.5. The molecule has 0 amide bonds. The van der Waals surface area contributed by atoms with Gasteiger partial charge in [-0.25, -0.2) is 0 Å². The highest BCUT2D eigenvalue weighted by Gasteiger charge is 2.31. The fourth-order valence-corrected chi connectivity index (χ4v) is 2.08. The number of furan rings is 1. The van der Waals surface area contributed by atoms with Gasteiger partial charge >= 0.3 is 6.18 Å². The van der Waals surface area contributed by atoms with Crippen LogP contribution < -0.4 is 5.73 Å². The second-order valence-electron chi connectivity index (χ2n) is 4.51. The minimum Gasteiger partial charge on any atom is -0.459 e. The van der Waals surface area contributed by atoms with Gasteiger partial charge in [0.1, 0.15) is 11.5 Å². The van der Waals surface area contributed by atoms with Crippen LogP contribution in [0.4, 0.5) is 13.2 Å². The van der Waals surface area contributed by atoms with Crippen molar-refractivity contribution in [2.75, 3.05) is 6.61 Å². The first-order valence-electron chi connectivity index (χ1n) is 6.16. The third-order valence-electron chi connectivity index (χ3n) is 2.99. The number of alkyl halides is 3. The predicted octanol–water partition coefficient (Wildman–Crippen LogP) is 4.00. The molecule has 0 saturated heterocycles. The Hall–Kier alpha value is -1.50. The molecule has 7 heteroatoms. The Morgan fingerprint density at radius 3 is 2.57 bits per heavy atom. The molecule has 0 fully saturated rings. The summed E-state index contributed by atoms with van der Waals surface area (Å²) in [5.74, 6) is 0.585. The van der Waals surface area contributed by atoms with Crippen molar-refractivity contribution < 1.29 is 22.7 Å². The molecule has 0 radical (unpaired) electrons. The van der Waals surface area contributed by atoms with Gasteiger partial charge in [-0.3, -0.25) is 0 Å². The summed E-state index contributed by atoms with van der Waals surface area (Å²) in [6, 6.07) is 5.57. The summed E-state index contributed by atoms with van der Waals surface area (Å²) in [5, 5.41) is 8.98. The number of nitrogens with two attached hydrogens (primary N) is 1. The maximum absolute atomic E-state index is 12.7. The van der Waals surface area contributed by atoms with E-state index < -0.39 is 17.8 Å². The molecule has 1 heterocycles. The van der Waals surface area contributed by atoms with Crippen LogP contribution in [0.1, 0.15) is 23.8 Å². The standard InChI is InChI=1S/C14H13ClF3NO2/c15-10-2-1-8(14(16,17)18)7-9(10)12-3-4-13(21-12)11(19)5-6-20/h1-4,7,11,20H,5-6,19H2. The van der Waals surface area contributed by atoms with Crippen molar-refractivity contribution >= 4 is 11.6 Å². The Balaban J connectivity index is 2.38. The number of benzene rings is 1. The van der Waals surface area contributed by atoms with Gasteiger partial charge < -0.3 is 15.3 Å². The van der Waals surface area contributed by atoms with Gasteiger partial charge in [-0.1, -0.05) is 11.6 Å². The molecular weight excluding hydrogens is 307 g/mol. The zero-order chi connectivity index (χ0) is 15.6. The SMILES string of the molecule is NC(CCO)c1ccc(-c2cc(C(F)(F)F)ccc2Cl)o1. The highest BCUT2D eigenvalue weighted by Crippen LogP contribution is 2.37. The average molecular weight is 320 g/mol. The number of aliphatic hydroxyl groups excluding tert-OH is 1. The Morgan fingerprint density at radius 1 is 1.24 bits per heavy atom. The van der Waals surface area contributed by atoms with E-state index in [0.717, 1.165) is 12.1 Å². The lowest BCUT2D eigenvalue weighted by Crippen LogP contribution is -2.10. The van der Waals surface area contributed by atoms with Crippen LogP contribution in [0.2, 0.25) is 5.02 Å². The van der Waals surface area contributed by atoms with E-state index in [2.05, 4.69) is 0 Å². The van der Waals surface area contributed by atoms with Crippen LogP contribution >= 0.6 is 11.6 Å². The van der Waals surface area contributed by atoms with E-state index in [1.54, 1.807) is 6.07 Å². The number of hydrogen-bond donors (Lipinski definition) is 2. The van der Waals surface area contributed by atoms with Crippen molar-refractivity contribution in [2.24, 2.45) is 5.73 Å². The second kappa shape index (κ2) is 6.09. The zero-order valence-corrected chi connectivity index (χ0v) is 11.6. The van der Waals surface area contributed by atoms with Gasteiger partial charge in [-0.05, 0) is 36.8 Å². The molecule has 2 aromatic rings. The smallest absolute Gasteiger partial charge is 0.416 e. The largest absolute Gasteiger partial charge is 0.459 e. The minimum atomic E-state index is -4.46. The van der Waals surface area contributed by atoms with Crippen molar-refractivity contribution in [3.63, 3.8) is 0 Å². The summed E-state index contributed by atoms with van der Waals surface area (Å²) < 4.78 is 43.6. The third-order valence-corrected chi connectivity index (χ3v) is 3.32. The Labute approximate surface area is 124 Å². The van der Waals surface area contributed by atoms with Gasteiger partial charge in [0, 0.05) is 12.2 Å². The van der Waals surface area contributed by atoms with E-state index >= 15 is 0 Å². The van der Waals surface area contributed by atoms with E-state index in [9.17, 15) is 13.2 Å². The average Bonchev–Trinajstić information content (AvgIpc) is 2.87. The predicted molar refractivity (Wildman–Crippen MR) is 72.8 cm³/mol. The van der Waals surface area contributed by atoms with Gasteiger partial charge in [-0.15, -0.1) is 0 Å². The van der Waals surface area contributed by atoms with Gasteiger partial charge in [-0.2, -0.15) is 13.2 Å². The minimum absolute atomic E-state index is 0.110. The molecule has 1 aromatic carbocycles. The summed E-state index contributed by atoms with van der Waals surface area (Å²) >= 11 is 5.93. The van der Waals surface area contributed by atoms with Crippen LogP contribution in [0, 0.1) is 0 Å². The van der Waals surface area contributed by atoms with Crippen molar-refractivity contribution in [3.05, 3.63) is 46.7 Å². The van der Waals surface area contributed by atoms with Crippen LogP contribution in [0.5, 0.6) is 0 Å². The van der Waals surface area contributed by atoms with Crippen LogP contribution in [0.15, 0.2) is 34.7 Å². The van der Waals surface area contributed by atoms with Crippen LogP contribution in [-0.2, 0) is 6.18 Å². The van der Waals surface area contributed by atoms with Gasteiger partial charge in [0.2, 0.25) is 0 Å². The number of halogens is 4. The maximum Gasteiger partial charge on any atom is 0.416 e. The summed E-state index contributed by atoms with van der Waals surface area (Å²) in [5.41, 5.74) is 5.11. The highest BCUT2D eigenvalue weighted by molar-refractivity contribution is 6.33. The normalized spacial score (nSPS) is 13.4. The quantitative estimate of drug-likeness (QED) is 0.895. The van der Waals surface area contributed by atoms with Crippen LogP contribution in [0.25, 0.3) is 11.3 Å². The van der Waals surface area contributed by atoms with Gasteiger partial charge in [0.05, 0.1) is 16.6 Å². The second-order valence-corrected chi connectivity index (χ2v) is 4.92. The molecular formula is C14H13ClF3NO2. The van der Waals surface area contributed by atoms with E-state index in [-0.39, 0.29) is 23.0 Å². The molecule has 2 rings (SSSR count). The summed E-state index contributed by atoms with van der Waals surface area (Å²) in [6.07, 6.45) is -4.16. The van der Waals surface area contributed by atoms with Crippen molar-refractivity contribution in [2.45, 2.75) is 18.6 Å². The molecule has 21 heavy (non-hydrogen) atoms. The van der Waals surface area contributed by atoms with Crippen molar-refractivity contribution in [1.29, 1.82) is 0 Å². The van der Waals surface area contributed by atoms with E-state index in [1.807, 2.05) is 0 Å². The Kier molecular flexibility index (Phi) is 4.61. The molecule has 0 spiro atoms. The topological polar surface area (TPSA) is 59.4 Å². The maximum atomic E-state index is 12.7. The molecule has 1 atom stereocenters. The van der Waals surface area contributed by atoms with Gasteiger partial charge in [0.25, 0.3) is 0 Å². The molecule has 0 aliphatic carbocycles. The molecule has 3 N–H and O–H groups in total. The molecule has 0 bridgehead atoms. The van der Waals surface area contributed by atoms with E-state index in [0.29, 0.717) is 12.2 Å².